The molecule has 0 amide bonds. The van der Waals surface area contributed by atoms with Gasteiger partial charge in [-0.25, -0.2) is 13.9 Å². The Morgan fingerprint density at radius 1 is 1.16 bits per heavy atom. The number of para-hydroxylation sites is 1. The first-order valence-corrected chi connectivity index (χ1v) is 10.4. The van der Waals surface area contributed by atoms with Gasteiger partial charge in [0.1, 0.15) is 23.0 Å². The maximum Gasteiger partial charge on any atom is 0.351 e. The quantitative estimate of drug-likeness (QED) is 0.478. The lowest BCUT2D eigenvalue weighted by Crippen LogP contribution is -2.22. The van der Waals surface area contributed by atoms with E-state index in [1.54, 1.807) is 30.6 Å². The van der Waals surface area contributed by atoms with Crippen LogP contribution < -0.4 is 5.69 Å². The number of rotatable bonds is 4. The minimum Gasteiger partial charge on any atom is -0.441 e. The third-order valence-electron chi connectivity index (χ3n) is 5.58. The Morgan fingerprint density at radius 3 is 2.77 bits per heavy atom. The monoisotopic (exact) mass is 415 g/mol. The van der Waals surface area contributed by atoms with E-state index >= 15 is 0 Å². The van der Waals surface area contributed by atoms with Gasteiger partial charge in [-0.15, -0.1) is 5.10 Å². The van der Waals surface area contributed by atoms with Gasteiger partial charge in [0.25, 0.3) is 0 Å². The van der Waals surface area contributed by atoms with Crippen LogP contribution in [0, 0.1) is 23.6 Å². The lowest BCUT2D eigenvalue weighted by Gasteiger charge is -2.02. The van der Waals surface area contributed by atoms with E-state index in [9.17, 15) is 9.18 Å². The summed E-state index contributed by atoms with van der Waals surface area (Å²) in [4.78, 5) is 16.7. The van der Waals surface area contributed by atoms with Crippen molar-refractivity contribution in [2.75, 3.05) is 0 Å². The average molecular weight is 415 g/mol. The predicted molar refractivity (Wildman–Crippen MR) is 110 cm³/mol. The van der Waals surface area contributed by atoms with E-state index < -0.39 is 11.5 Å². The molecule has 3 aromatic heterocycles. The van der Waals surface area contributed by atoms with Crippen LogP contribution in [0.3, 0.4) is 0 Å². The van der Waals surface area contributed by atoms with Gasteiger partial charge in [-0.1, -0.05) is 29.2 Å². The summed E-state index contributed by atoms with van der Waals surface area (Å²) < 4.78 is 22.8. The van der Waals surface area contributed by atoms with Crippen LogP contribution in [0.25, 0.3) is 16.8 Å². The first kappa shape index (κ1) is 18.1. The molecule has 0 unspecified atom stereocenters. The van der Waals surface area contributed by atoms with Crippen molar-refractivity contribution in [2.45, 2.75) is 38.1 Å². The molecular formula is C23H18FN5O2. The highest BCUT2D eigenvalue weighted by molar-refractivity contribution is 5.82. The van der Waals surface area contributed by atoms with Crippen molar-refractivity contribution >= 4 is 11.1 Å². The zero-order chi connectivity index (χ0) is 20.9. The molecule has 154 valence electrons. The van der Waals surface area contributed by atoms with Crippen LogP contribution in [0.2, 0.25) is 0 Å². The normalized spacial score (nSPS) is 15.8. The predicted octanol–water partition coefficient (Wildman–Crippen LogP) is 3.40. The summed E-state index contributed by atoms with van der Waals surface area (Å²) in [5.74, 6) is 7.86. The molecule has 0 radical (unpaired) electrons. The lowest BCUT2D eigenvalue weighted by atomic mass is 10.1. The molecule has 3 heterocycles. The number of hydrogen-bond acceptors (Lipinski definition) is 5. The fourth-order valence-corrected chi connectivity index (χ4v) is 3.59. The van der Waals surface area contributed by atoms with Crippen LogP contribution >= 0.6 is 0 Å². The Bertz CT molecular complexity index is 1430. The molecule has 2 saturated carbocycles. The maximum absolute atomic E-state index is 14.0. The minimum absolute atomic E-state index is 0.162. The smallest absolute Gasteiger partial charge is 0.351 e. The number of benzene rings is 1. The molecular weight excluding hydrogens is 397 g/mol. The van der Waals surface area contributed by atoms with E-state index in [1.807, 2.05) is 0 Å². The van der Waals surface area contributed by atoms with Crippen LogP contribution in [-0.2, 0) is 6.54 Å². The van der Waals surface area contributed by atoms with Gasteiger partial charge in [-0.05, 0) is 37.8 Å². The average Bonchev–Trinajstić information content (AvgIpc) is 3.69. The molecule has 2 fully saturated rings. The van der Waals surface area contributed by atoms with Crippen LogP contribution in [0.1, 0.15) is 48.6 Å². The zero-order valence-electron chi connectivity index (χ0n) is 16.6. The van der Waals surface area contributed by atoms with Gasteiger partial charge in [-0.2, -0.15) is 4.98 Å². The maximum atomic E-state index is 14.0. The summed E-state index contributed by atoms with van der Waals surface area (Å²) in [7, 11) is 0. The Hall–Kier alpha value is -3.73. The third-order valence-corrected chi connectivity index (χ3v) is 5.58. The van der Waals surface area contributed by atoms with Gasteiger partial charge in [0, 0.05) is 18.0 Å². The number of hydrogen-bond donors (Lipinski definition) is 0. The summed E-state index contributed by atoms with van der Waals surface area (Å²) >= 11 is 0. The second-order valence-electron chi connectivity index (χ2n) is 8.14. The molecule has 4 aromatic rings. The van der Waals surface area contributed by atoms with Crippen LogP contribution in [0.4, 0.5) is 4.39 Å². The first-order chi connectivity index (χ1) is 15.2. The van der Waals surface area contributed by atoms with Crippen molar-refractivity contribution in [3.05, 3.63) is 70.0 Å². The van der Waals surface area contributed by atoms with Crippen molar-refractivity contribution < 1.29 is 8.81 Å². The number of fused-ring (bicyclic) bond motifs is 1. The van der Waals surface area contributed by atoms with Gasteiger partial charge in [0.05, 0.1) is 23.7 Å². The summed E-state index contributed by atoms with van der Waals surface area (Å²) in [6.07, 6.45) is 7.76. The van der Waals surface area contributed by atoms with Gasteiger partial charge in [0.2, 0.25) is 5.71 Å². The van der Waals surface area contributed by atoms with Crippen molar-refractivity contribution in [3.8, 4) is 17.5 Å². The van der Waals surface area contributed by atoms with Crippen molar-refractivity contribution in [3.63, 3.8) is 0 Å². The summed E-state index contributed by atoms with van der Waals surface area (Å²) in [5, 5.41) is 8.83. The molecule has 0 spiro atoms. The number of aromatic nitrogens is 5. The second-order valence-corrected chi connectivity index (χ2v) is 8.14. The molecule has 0 bridgehead atoms. The molecule has 31 heavy (non-hydrogen) atoms. The SMILES string of the molecule is O=c1nc2oc(C3CC3)c(C#CC3CC3)c2cn1Cc1cn(-c2ccccc2F)nn1. The molecule has 1 aromatic carbocycles. The fraction of sp³-hybridized carbons (Fsp3) is 0.304. The van der Waals surface area contributed by atoms with Gasteiger partial charge in [0.15, 0.2) is 0 Å². The van der Waals surface area contributed by atoms with E-state index in [0.717, 1.165) is 42.4 Å². The topological polar surface area (TPSA) is 78.7 Å². The highest BCUT2D eigenvalue weighted by Gasteiger charge is 2.32. The highest BCUT2D eigenvalue weighted by atomic mass is 19.1. The molecule has 2 aliphatic rings. The zero-order valence-corrected chi connectivity index (χ0v) is 16.6. The molecule has 7 nitrogen and oxygen atoms in total. The van der Waals surface area contributed by atoms with Gasteiger partial charge in [-0.3, -0.25) is 4.57 Å². The highest BCUT2D eigenvalue weighted by Crippen LogP contribution is 2.44. The van der Waals surface area contributed by atoms with E-state index in [2.05, 4.69) is 27.1 Å². The Labute approximate surface area is 176 Å². The van der Waals surface area contributed by atoms with Crippen molar-refractivity contribution in [2.24, 2.45) is 5.92 Å². The van der Waals surface area contributed by atoms with Crippen molar-refractivity contribution in [1.82, 2.24) is 24.5 Å². The van der Waals surface area contributed by atoms with E-state index in [4.69, 9.17) is 4.42 Å². The molecule has 0 atom stereocenters. The minimum atomic E-state index is -0.439. The largest absolute Gasteiger partial charge is 0.441 e. The molecule has 0 aliphatic heterocycles. The summed E-state index contributed by atoms with van der Waals surface area (Å²) in [6.45, 7) is 0.162. The van der Waals surface area contributed by atoms with Gasteiger partial charge < -0.3 is 4.42 Å². The van der Waals surface area contributed by atoms with Crippen LogP contribution in [0.5, 0.6) is 0 Å². The van der Waals surface area contributed by atoms with Gasteiger partial charge >= 0.3 is 5.69 Å². The van der Waals surface area contributed by atoms with Crippen LogP contribution in [0.15, 0.2) is 45.9 Å². The summed E-state index contributed by atoms with van der Waals surface area (Å²) in [6, 6.07) is 6.31. The van der Waals surface area contributed by atoms with E-state index in [1.165, 1.54) is 15.3 Å². The molecule has 6 rings (SSSR count). The van der Waals surface area contributed by atoms with Crippen LogP contribution in [-0.4, -0.2) is 24.5 Å². The Morgan fingerprint density at radius 2 is 2.00 bits per heavy atom. The second kappa shape index (κ2) is 6.91. The number of nitrogens with zero attached hydrogens (tertiary/aromatic N) is 5. The molecule has 0 N–H and O–H groups in total. The lowest BCUT2D eigenvalue weighted by molar-refractivity contribution is 0.537. The Kier molecular flexibility index (Phi) is 4.03. The summed E-state index contributed by atoms with van der Waals surface area (Å²) in [5.41, 5.74) is 1.55. The molecule has 8 heteroatoms. The van der Waals surface area contributed by atoms with E-state index in [0.29, 0.717) is 28.9 Å². The first-order valence-electron chi connectivity index (χ1n) is 10.4. The number of halogens is 1. The number of furan rings is 1. The molecule has 0 saturated heterocycles. The third kappa shape index (κ3) is 3.42. The van der Waals surface area contributed by atoms with Crippen molar-refractivity contribution in [1.29, 1.82) is 0 Å². The molecule has 2 aliphatic carbocycles. The standard InChI is InChI=1S/C23H18FN5O2/c24-19-3-1-2-4-20(19)29-12-16(26-27-29)11-28-13-18-17(10-7-14-5-6-14)21(15-8-9-15)31-22(18)25-23(28)30/h1-4,12-15H,5-6,8-9,11H2. The fourth-order valence-electron chi connectivity index (χ4n) is 3.59. The van der Waals surface area contributed by atoms with E-state index in [-0.39, 0.29) is 6.54 Å². The Balaban J connectivity index is 1.38.